The quantitative estimate of drug-likeness (QED) is 0.590. The van der Waals surface area contributed by atoms with E-state index in [2.05, 4.69) is 16.2 Å². The van der Waals surface area contributed by atoms with Crippen molar-refractivity contribution in [3.05, 3.63) is 66.2 Å². The number of benzene rings is 3. The van der Waals surface area contributed by atoms with E-state index in [0.717, 1.165) is 10.8 Å². The Labute approximate surface area is 165 Å². The highest BCUT2D eigenvalue weighted by molar-refractivity contribution is 5.99. The van der Waals surface area contributed by atoms with Crippen molar-refractivity contribution < 1.29 is 23.9 Å². The molecule has 3 amide bonds. The number of carbonyl (C=O) groups is 3. The van der Waals surface area contributed by atoms with E-state index in [1.165, 1.54) is 12.1 Å². The summed E-state index contributed by atoms with van der Waals surface area (Å²) in [5.41, 5.74) is 5.39. The van der Waals surface area contributed by atoms with Crippen molar-refractivity contribution in [3.63, 3.8) is 0 Å². The minimum Gasteiger partial charge on any atom is -0.484 e. The summed E-state index contributed by atoms with van der Waals surface area (Å²) >= 11 is 0. The first-order valence-electron chi connectivity index (χ1n) is 8.86. The molecule has 0 saturated carbocycles. The molecule has 3 aromatic rings. The molecule has 0 unspecified atom stereocenters. The summed E-state index contributed by atoms with van der Waals surface area (Å²) in [7, 11) is 0. The van der Waals surface area contributed by atoms with Gasteiger partial charge < -0.3 is 14.8 Å². The lowest BCUT2D eigenvalue weighted by atomic mass is 10.1. The number of amides is 3. The van der Waals surface area contributed by atoms with Crippen LogP contribution in [0.3, 0.4) is 0 Å². The van der Waals surface area contributed by atoms with Gasteiger partial charge in [0.1, 0.15) is 11.5 Å². The fraction of sp³-hybridized carbons (Fsp3) is 0.0952. The van der Waals surface area contributed by atoms with Crippen LogP contribution in [0.15, 0.2) is 60.7 Å². The first-order chi connectivity index (χ1) is 14.1. The summed E-state index contributed by atoms with van der Waals surface area (Å²) in [6.45, 7) is -0.362. The third-order valence-electron chi connectivity index (χ3n) is 4.28. The molecule has 3 N–H and O–H groups in total. The van der Waals surface area contributed by atoms with Gasteiger partial charge in [0.05, 0.1) is 5.69 Å². The average molecular weight is 391 g/mol. The second-order valence-corrected chi connectivity index (χ2v) is 6.35. The van der Waals surface area contributed by atoms with Crippen LogP contribution in [0.2, 0.25) is 0 Å². The third-order valence-corrected chi connectivity index (χ3v) is 4.28. The molecule has 29 heavy (non-hydrogen) atoms. The monoisotopic (exact) mass is 391 g/mol. The van der Waals surface area contributed by atoms with E-state index in [4.69, 9.17) is 9.47 Å². The molecule has 0 aromatic heterocycles. The molecule has 0 spiro atoms. The average Bonchev–Trinajstić information content (AvgIpc) is 2.75. The second kappa shape index (κ2) is 7.89. The SMILES string of the molecule is O=C(COc1ccc2ccccc2c1)NNC(=O)c1ccc2c(c1)OCC(=O)N2. The summed E-state index contributed by atoms with van der Waals surface area (Å²) in [4.78, 5) is 35.4. The molecule has 0 radical (unpaired) electrons. The van der Waals surface area contributed by atoms with E-state index in [1.807, 2.05) is 36.4 Å². The number of anilines is 1. The topological polar surface area (TPSA) is 106 Å². The van der Waals surface area contributed by atoms with E-state index in [1.54, 1.807) is 12.1 Å². The van der Waals surface area contributed by atoms with Crippen LogP contribution in [0.5, 0.6) is 11.5 Å². The zero-order valence-corrected chi connectivity index (χ0v) is 15.2. The number of nitrogens with one attached hydrogen (secondary N) is 3. The van der Waals surface area contributed by atoms with Crippen LogP contribution in [0, 0.1) is 0 Å². The van der Waals surface area contributed by atoms with Gasteiger partial charge >= 0.3 is 0 Å². The van der Waals surface area contributed by atoms with Gasteiger partial charge in [-0.25, -0.2) is 0 Å². The van der Waals surface area contributed by atoms with Gasteiger partial charge in [0.15, 0.2) is 13.2 Å². The largest absolute Gasteiger partial charge is 0.484 e. The number of carbonyl (C=O) groups excluding carboxylic acids is 3. The van der Waals surface area contributed by atoms with Crippen molar-refractivity contribution in [2.45, 2.75) is 0 Å². The third kappa shape index (κ3) is 4.27. The normalized spacial score (nSPS) is 12.3. The summed E-state index contributed by atoms with van der Waals surface area (Å²) < 4.78 is 10.7. The van der Waals surface area contributed by atoms with Gasteiger partial charge in [-0.05, 0) is 41.1 Å². The molecule has 0 atom stereocenters. The number of hydrazine groups is 1. The predicted molar refractivity (Wildman–Crippen MR) is 106 cm³/mol. The predicted octanol–water partition coefficient (Wildman–Crippen LogP) is 2.01. The summed E-state index contributed by atoms with van der Waals surface area (Å²) in [6, 6.07) is 17.9. The highest BCUT2D eigenvalue weighted by Crippen LogP contribution is 2.28. The molecule has 8 heteroatoms. The Bertz CT molecular complexity index is 1110. The maximum absolute atomic E-state index is 12.2. The van der Waals surface area contributed by atoms with Crippen LogP contribution in [0.25, 0.3) is 10.8 Å². The molecule has 1 heterocycles. The molecule has 0 fully saturated rings. The van der Waals surface area contributed by atoms with Gasteiger partial charge in [-0.2, -0.15) is 0 Å². The Hall–Kier alpha value is -4.07. The first kappa shape index (κ1) is 18.3. The molecule has 0 aliphatic carbocycles. The van der Waals surface area contributed by atoms with E-state index in [0.29, 0.717) is 17.2 Å². The van der Waals surface area contributed by atoms with Crippen molar-refractivity contribution >= 4 is 34.2 Å². The van der Waals surface area contributed by atoms with Gasteiger partial charge in [0.2, 0.25) is 0 Å². The van der Waals surface area contributed by atoms with Crippen LogP contribution < -0.4 is 25.6 Å². The summed E-state index contributed by atoms with van der Waals surface area (Å²) in [6.07, 6.45) is 0. The molecule has 0 saturated heterocycles. The number of hydrogen-bond donors (Lipinski definition) is 3. The number of fused-ring (bicyclic) bond motifs is 2. The lowest BCUT2D eigenvalue weighted by Crippen LogP contribution is -2.43. The molecular weight excluding hydrogens is 374 g/mol. The lowest BCUT2D eigenvalue weighted by Gasteiger charge is -2.18. The van der Waals surface area contributed by atoms with Crippen molar-refractivity contribution in [1.82, 2.24) is 10.9 Å². The zero-order chi connectivity index (χ0) is 20.2. The molecule has 4 rings (SSSR count). The van der Waals surface area contributed by atoms with Gasteiger partial charge in [-0.3, -0.25) is 25.2 Å². The standard InChI is InChI=1S/C21H17N3O5/c25-19-11-29-18-10-15(6-8-17(18)22-19)21(27)24-23-20(26)12-28-16-7-5-13-3-1-2-4-14(13)9-16/h1-10H,11-12H2,(H,22,25)(H,23,26)(H,24,27). The van der Waals surface area contributed by atoms with E-state index < -0.39 is 11.8 Å². The van der Waals surface area contributed by atoms with Crippen LogP contribution in [-0.2, 0) is 9.59 Å². The van der Waals surface area contributed by atoms with E-state index >= 15 is 0 Å². The van der Waals surface area contributed by atoms with Gasteiger partial charge in [-0.1, -0.05) is 30.3 Å². The Balaban J connectivity index is 1.30. The Kier molecular flexibility index (Phi) is 4.98. The fourth-order valence-electron chi connectivity index (χ4n) is 2.86. The minimum absolute atomic E-state index is 0.110. The second-order valence-electron chi connectivity index (χ2n) is 6.35. The lowest BCUT2D eigenvalue weighted by molar-refractivity contribution is -0.123. The highest BCUT2D eigenvalue weighted by atomic mass is 16.5. The maximum Gasteiger partial charge on any atom is 0.276 e. The van der Waals surface area contributed by atoms with Crippen LogP contribution in [0.1, 0.15) is 10.4 Å². The van der Waals surface area contributed by atoms with Crippen molar-refractivity contribution in [2.24, 2.45) is 0 Å². The summed E-state index contributed by atoms with van der Waals surface area (Å²) in [5.74, 6) is -0.337. The van der Waals surface area contributed by atoms with Gasteiger partial charge in [0, 0.05) is 5.56 Å². The van der Waals surface area contributed by atoms with Gasteiger partial charge in [0.25, 0.3) is 17.7 Å². The molecule has 8 nitrogen and oxygen atoms in total. The van der Waals surface area contributed by atoms with Crippen LogP contribution in [-0.4, -0.2) is 30.9 Å². The van der Waals surface area contributed by atoms with E-state index in [-0.39, 0.29) is 24.7 Å². The maximum atomic E-state index is 12.2. The molecule has 1 aliphatic heterocycles. The Morgan fingerprint density at radius 1 is 1.00 bits per heavy atom. The first-order valence-corrected chi connectivity index (χ1v) is 8.86. The zero-order valence-electron chi connectivity index (χ0n) is 15.2. The van der Waals surface area contributed by atoms with Crippen LogP contribution >= 0.6 is 0 Å². The number of rotatable bonds is 4. The molecule has 3 aromatic carbocycles. The smallest absolute Gasteiger partial charge is 0.276 e. The Morgan fingerprint density at radius 2 is 1.83 bits per heavy atom. The summed E-state index contributed by atoms with van der Waals surface area (Å²) in [5, 5.41) is 4.72. The minimum atomic E-state index is -0.521. The van der Waals surface area contributed by atoms with Crippen molar-refractivity contribution in [2.75, 3.05) is 18.5 Å². The molecule has 0 bridgehead atoms. The highest BCUT2D eigenvalue weighted by Gasteiger charge is 2.18. The fourth-order valence-corrected chi connectivity index (χ4v) is 2.86. The Morgan fingerprint density at radius 3 is 2.69 bits per heavy atom. The number of hydrogen-bond acceptors (Lipinski definition) is 5. The molecular formula is C21H17N3O5. The van der Waals surface area contributed by atoms with Gasteiger partial charge in [-0.15, -0.1) is 0 Å². The molecule has 146 valence electrons. The van der Waals surface area contributed by atoms with Crippen molar-refractivity contribution in [1.29, 1.82) is 0 Å². The number of ether oxygens (including phenoxy) is 2. The van der Waals surface area contributed by atoms with Crippen molar-refractivity contribution in [3.8, 4) is 11.5 Å². The van der Waals surface area contributed by atoms with E-state index in [9.17, 15) is 14.4 Å². The molecule has 1 aliphatic rings. The van der Waals surface area contributed by atoms with Crippen LogP contribution in [0.4, 0.5) is 5.69 Å².